The van der Waals surface area contributed by atoms with Gasteiger partial charge in [-0.15, -0.1) is 5.10 Å². The van der Waals surface area contributed by atoms with Crippen LogP contribution in [0.5, 0.6) is 0 Å². The summed E-state index contributed by atoms with van der Waals surface area (Å²) in [6, 6.07) is 4.11. The zero-order valence-corrected chi connectivity index (χ0v) is 12.5. The smallest absolute Gasteiger partial charge is 0.130 e. The first-order valence-corrected chi connectivity index (χ1v) is 6.99. The van der Waals surface area contributed by atoms with Gasteiger partial charge < -0.3 is 5.73 Å². The van der Waals surface area contributed by atoms with Gasteiger partial charge in [0.05, 0.1) is 5.69 Å². The molecule has 5 heteroatoms. The lowest BCUT2D eigenvalue weighted by atomic mass is 10.1. The third-order valence-electron chi connectivity index (χ3n) is 3.02. The lowest BCUT2D eigenvalue weighted by Gasteiger charge is -2.10. The molecular formula is C14H18N4S. The predicted molar refractivity (Wildman–Crippen MR) is 77.2 cm³/mol. The molecule has 0 aliphatic carbocycles. The Labute approximate surface area is 117 Å². The third-order valence-corrected chi connectivity index (χ3v) is 3.96. The molecule has 2 heterocycles. The molecule has 0 amide bonds. The van der Waals surface area contributed by atoms with E-state index in [4.69, 9.17) is 5.73 Å². The van der Waals surface area contributed by atoms with Gasteiger partial charge in [0.1, 0.15) is 10.1 Å². The van der Waals surface area contributed by atoms with E-state index in [1.807, 2.05) is 20.8 Å². The molecule has 0 bridgehead atoms. The fourth-order valence-corrected chi connectivity index (χ4v) is 2.99. The van der Waals surface area contributed by atoms with Crippen LogP contribution in [0.4, 0.5) is 0 Å². The monoisotopic (exact) mass is 274 g/mol. The first kappa shape index (κ1) is 14.0. The van der Waals surface area contributed by atoms with Crippen molar-refractivity contribution in [1.82, 2.24) is 15.2 Å². The summed E-state index contributed by atoms with van der Waals surface area (Å²) in [5, 5.41) is 10.2. The number of aromatic nitrogens is 3. The molecule has 0 saturated carbocycles. The number of rotatable bonds is 3. The molecule has 100 valence electrons. The molecule has 0 unspecified atom stereocenters. The van der Waals surface area contributed by atoms with Crippen molar-refractivity contribution in [1.29, 1.82) is 0 Å². The van der Waals surface area contributed by atoms with Crippen molar-refractivity contribution in [3.63, 3.8) is 0 Å². The average molecular weight is 274 g/mol. The van der Waals surface area contributed by atoms with E-state index in [0.29, 0.717) is 6.54 Å². The number of hydrogen-bond donors (Lipinski definition) is 1. The fraction of sp³-hybridized carbons (Fsp3) is 0.357. The van der Waals surface area contributed by atoms with Crippen molar-refractivity contribution in [2.45, 2.75) is 44.3 Å². The molecule has 0 fully saturated rings. The first-order valence-electron chi connectivity index (χ1n) is 6.17. The molecule has 19 heavy (non-hydrogen) atoms. The summed E-state index contributed by atoms with van der Waals surface area (Å²) in [6.07, 6.45) is 0. The normalized spacial score (nSPS) is 10.8. The largest absolute Gasteiger partial charge is 0.326 e. The van der Waals surface area contributed by atoms with Crippen molar-refractivity contribution in [3.05, 3.63) is 40.2 Å². The zero-order valence-electron chi connectivity index (χ0n) is 11.7. The topological polar surface area (TPSA) is 64.7 Å². The molecule has 0 radical (unpaired) electrons. The summed E-state index contributed by atoms with van der Waals surface area (Å²) in [4.78, 5) is 4.51. The number of nitrogens with two attached hydrogens (primary N) is 1. The average Bonchev–Trinajstić information content (AvgIpc) is 2.33. The van der Waals surface area contributed by atoms with Gasteiger partial charge in [-0.1, -0.05) is 0 Å². The molecule has 0 aliphatic rings. The number of hydrogen-bond acceptors (Lipinski definition) is 5. The molecule has 0 atom stereocenters. The summed E-state index contributed by atoms with van der Waals surface area (Å²) in [5.74, 6) is 0. The highest BCUT2D eigenvalue weighted by atomic mass is 32.2. The Morgan fingerprint density at radius 2 is 1.84 bits per heavy atom. The van der Waals surface area contributed by atoms with E-state index in [1.54, 1.807) is 0 Å². The Morgan fingerprint density at radius 1 is 1.11 bits per heavy atom. The van der Waals surface area contributed by atoms with Gasteiger partial charge >= 0.3 is 0 Å². The zero-order chi connectivity index (χ0) is 14.0. The van der Waals surface area contributed by atoms with Crippen LogP contribution in [-0.2, 0) is 6.54 Å². The van der Waals surface area contributed by atoms with E-state index in [0.717, 1.165) is 32.6 Å². The van der Waals surface area contributed by atoms with E-state index in [1.165, 1.54) is 17.3 Å². The molecule has 0 spiro atoms. The second kappa shape index (κ2) is 5.67. The summed E-state index contributed by atoms with van der Waals surface area (Å²) < 4.78 is 0. The Hall–Kier alpha value is -1.46. The van der Waals surface area contributed by atoms with Crippen LogP contribution in [0.15, 0.2) is 22.2 Å². The van der Waals surface area contributed by atoms with Crippen molar-refractivity contribution in [2.24, 2.45) is 5.73 Å². The minimum atomic E-state index is 0.468. The van der Waals surface area contributed by atoms with E-state index in [2.05, 4.69) is 34.2 Å². The van der Waals surface area contributed by atoms with Gasteiger partial charge in [0, 0.05) is 17.8 Å². The SMILES string of the molecule is Cc1cc(C)nc(Sc2nnc(C)c(C)c2CN)c1. The Balaban J connectivity index is 2.40. The van der Waals surface area contributed by atoms with Gasteiger partial charge in [0.25, 0.3) is 0 Å². The lowest BCUT2D eigenvalue weighted by molar-refractivity contribution is 0.823. The molecule has 4 nitrogen and oxygen atoms in total. The van der Waals surface area contributed by atoms with E-state index >= 15 is 0 Å². The minimum Gasteiger partial charge on any atom is -0.326 e. The van der Waals surface area contributed by atoms with Gasteiger partial charge in [-0.3, -0.25) is 0 Å². The second-order valence-electron chi connectivity index (χ2n) is 4.62. The molecule has 2 rings (SSSR count). The van der Waals surface area contributed by atoms with Gasteiger partial charge in [-0.25, -0.2) is 4.98 Å². The van der Waals surface area contributed by atoms with Crippen molar-refractivity contribution in [2.75, 3.05) is 0 Å². The molecule has 0 saturated heterocycles. The maximum atomic E-state index is 5.83. The molecular weight excluding hydrogens is 256 g/mol. The Morgan fingerprint density at radius 3 is 2.47 bits per heavy atom. The van der Waals surface area contributed by atoms with Gasteiger partial charge in [-0.05, 0) is 62.7 Å². The van der Waals surface area contributed by atoms with E-state index < -0.39 is 0 Å². The van der Waals surface area contributed by atoms with Crippen LogP contribution in [0, 0.1) is 27.7 Å². The van der Waals surface area contributed by atoms with Crippen LogP contribution >= 0.6 is 11.8 Å². The lowest BCUT2D eigenvalue weighted by Crippen LogP contribution is -2.07. The van der Waals surface area contributed by atoms with Crippen LogP contribution in [0.25, 0.3) is 0 Å². The number of aryl methyl sites for hydroxylation is 3. The molecule has 0 aromatic carbocycles. The molecule has 2 aromatic heterocycles. The fourth-order valence-electron chi connectivity index (χ4n) is 1.91. The Kier molecular flexibility index (Phi) is 4.17. The van der Waals surface area contributed by atoms with Crippen LogP contribution in [0.1, 0.15) is 28.1 Å². The predicted octanol–water partition coefficient (Wildman–Crippen LogP) is 2.72. The maximum Gasteiger partial charge on any atom is 0.130 e. The van der Waals surface area contributed by atoms with Crippen molar-refractivity contribution >= 4 is 11.8 Å². The van der Waals surface area contributed by atoms with Crippen molar-refractivity contribution < 1.29 is 0 Å². The van der Waals surface area contributed by atoms with Crippen LogP contribution in [0.3, 0.4) is 0 Å². The quantitative estimate of drug-likeness (QED) is 0.932. The molecule has 2 aromatic rings. The highest BCUT2D eigenvalue weighted by Gasteiger charge is 2.12. The number of pyridine rings is 1. The van der Waals surface area contributed by atoms with Gasteiger partial charge in [0.2, 0.25) is 0 Å². The standard InChI is InChI=1S/C14H18N4S/c1-8-5-9(2)16-13(6-8)19-14-12(7-15)10(3)11(4)17-18-14/h5-6H,7,15H2,1-4H3. The molecule has 2 N–H and O–H groups in total. The van der Waals surface area contributed by atoms with E-state index in [-0.39, 0.29) is 0 Å². The second-order valence-corrected chi connectivity index (χ2v) is 5.63. The van der Waals surface area contributed by atoms with Crippen LogP contribution in [-0.4, -0.2) is 15.2 Å². The van der Waals surface area contributed by atoms with Crippen LogP contribution < -0.4 is 5.73 Å². The van der Waals surface area contributed by atoms with Gasteiger partial charge in [0.15, 0.2) is 0 Å². The van der Waals surface area contributed by atoms with E-state index in [9.17, 15) is 0 Å². The summed E-state index contributed by atoms with van der Waals surface area (Å²) in [5.41, 5.74) is 11.1. The summed E-state index contributed by atoms with van der Waals surface area (Å²) >= 11 is 1.53. The van der Waals surface area contributed by atoms with Crippen LogP contribution in [0.2, 0.25) is 0 Å². The first-order chi connectivity index (χ1) is 9.01. The summed E-state index contributed by atoms with van der Waals surface area (Å²) in [7, 11) is 0. The third kappa shape index (κ3) is 3.11. The Bertz CT molecular complexity index is 590. The van der Waals surface area contributed by atoms with Gasteiger partial charge in [-0.2, -0.15) is 5.10 Å². The molecule has 0 aliphatic heterocycles. The highest BCUT2D eigenvalue weighted by molar-refractivity contribution is 7.99. The maximum absolute atomic E-state index is 5.83. The minimum absolute atomic E-state index is 0.468. The highest BCUT2D eigenvalue weighted by Crippen LogP contribution is 2.29. The van der Waals surface area contributed by atoms with Crippen molar-refractivity contribution in [3.8, 4) is 0 Å². The number of nitrogens with zero attached hydrogens (tertiary/aromatic N) is 3. The summed E-state index contributed by atoms with van der Waals surface area (Å²) in [6.45, 7) is 8.51.